The van der Waals surface area contributed by atoms with Crippen LogP contribution in [0.2, 0.25) is 0 Å². The first-order valence-electron chi connectivity index (χ1n) is 7.56. The Morgan fingerprint density at radius 3 is 2.42 bits per heavy atom. The van der Waals surface area contributed by atoms with E-state index in [1.807, 2.05) is 43.3 Å². The van der Waals surface area contributed by atoms with Crippen LogP contribution in [0, 0.1) is 6.92 Å². The van der Waals surface area contributed by atoms with Gasteiger partial charge in [0.1, 0.15) is 17.2 Å². The smallest absolute Gasteiger partial charge is 0.173 e. The van der Waals surface area contributed by atoms with Crippen molar-refractivity contribution in [3.05, 3.63) is 53.6 Å². The van der Waals surface area contributed by atoms with Gasteiger partial charge in [0.05, 0.1) is 26.4 Å². The fourth-order valence-corrected chi connectivity index (χ4v) is 2.60. The molecule has 0 fully saturated rings. The van der Waals surface area contributed by atoms with E-state index in [-0.39, 0.29) is 6.61 Å². The Bertz CT molecular complexity index is 837. The van der Waals surface area contributed by atoms with E-state index in [1.54, 1.807) is 20.3 Å². The highest BCUT2D eigenvalue weighted by Crippen LogP contribution is 2.38. The number of rotatable bonds is 5. The lowest BCUT2D eigenvalue weighted by molar-refractivity contribution is 0.281. The Morgan fingerprint density at radius 2 is 1.79 bits per heavy atom. The van der Waals surface area contributed by atoms with E-state index in [0.29, 0.717) is 34.1 Å². The molecule has 1 N–H and O–H groups in total. The molecule has 0 spiro atoms. The Hall–Kier alpha value is -2.79. The summed E-state index contributed by atoms with van der Waals surface area (Å²) in [5, 5.41) is 14.1. The van der Waals surface area contributed by atoms with Gasteiger partial charge in [-0.2, -0.15) is 0 Å². The molecular formula is C19H19NO4. The van der Waals surface area contributed by atoms with Crippen molar-refractivity contribution in [2.24, 2.45) is 0 Å². The van der Waals surface area contributed by atoms with Crippen LogP contribution < -0.4 is 9.47 Å². The van der Waals surface area contributed by atoms with Crippen molar-refractivity contribution >= 4 is 0 Å². The Labute approximate surface area is 140 Å². The highest BCUT2D eigenvalue weighted by atomic mass is 16.5. The lowest BCUT2D eigenvalue weighted by Crippen LogP contribution is -1.94. The van der Waals surface area contributed by atoms with Crippen molar-refractivity contribution < 1.29 is 19.1 Å². The largest absolute Gasteiger partial charge is 0.497 e. The molecule has 0 aliphatic carbocycles. The van der Waals surface area contributed by atoms with Gasteiger partial charge >= 0.3 is 0 Å². The zero-order chi connectivity index (χ0) is 17.1. The van der Waals surface area contributed by atoms with Crippen LogP contribution in [-0.4, -0.2) is 24.5 Å². The predicted molar refractivity (Wildman–Crippen MR) is 91.1 cm³/mol. The third-order valence-corrected chi connectivity index (χ3v) is 3.92. The minimum atomic E-state index is -0.192. The molecule has 0 bridgehead atoms. The highest BCUT2D eigenvalue weighted by molar-refractivity contribution is 5.77. The average molecular weight is 325 g/mol. The molecule has 0 radical (unpaired) electrons. The summed E-state index contributed by atoms with van der Waals surface area (Å²) in [6.45, 7) is 1.83. The molecule has 0 saturated heterocycles. The third-order valence-electron chi connectivity index (χ3n) is 3.92. The van der Waals surface area contributed by atoms with Gasteiger partial charge in [-0.1, -0.05) is 35.0 Å². The number of hydrogen-bond donors (Lipinski definition) is 1. The number of aryl methyl sites for hydroxylation is 1. The van der Waals surface area contributed by atoms with Gasteiger partial charge in [-0.25, -0.2) is 0 Å². The summed E-state index contributed by atoms with van der Waals surface area (Å²) in [4.78, 5) is 0. The van der Waals surface area contributed by atoms with Crippen LogP contribution in [0.1, 0.15) is 11.1 Å². The molecule has 5 heteroatoms. The lowest BCUT2D eigenvalue weighted by Gasteiger charge is -2.09. The molecule has 0 aliphatic rings. The summed E-state index contributed by atoms with van der Waals surface area (Å²) in [7, 11) is 3.18. The molecule has 0 unspecified atom stereocenters. The molecule has 24 heavy (non-hydrogen) atoms. The number of methoxy groups -OCH3 is 2. The van der Waals surface area contributed by atoms with Gasteiger partial charge in [-0.3, -0.25) is 0 Å². The number of aliphatic hydroxyl groups is 1. The van der Waals surface area contributed by atoms with Crippen LogP contribution in [0.15, 0.2) is 47.0 Å². The predicted octanol–water partition coefficient (Wildman–Crippen LogP) is 3.83. The van der Waals surface area contributed by atoms with E-state index in [4.69, 9.17) is 14.0 Å². The quantitative estimate of drug-likeness (QED) is 0.772. The van der Waals surface area contributed by atoms with Crippen LogP contribution in [-0.2, 0) is 6.61 Å². The number of aliphatic hydroxyl groups excluding tert-OH is 1. The van der Waals surface area contributed by atoms with Crippen LogP contribution >= 0.6 is 0 Å². The maximum Gasteiger partial charge on any atom is 0.173 e. The highest BCUT2D eigenvalue weighted by Gasteiger charge is 2.21. The number of nitrogens with zero attached hydrogens (tertiary/aromatic N) is 1. The van der Waals surface area contributed by atoms with Gasteiger partial charge in [0.25, 0.3) is 0 Å². The van der Waals surface area contributed by atoms with Gasteiger partial charge in [-0.05, 0) is 25.1 Å². The maximum atomic E-state index is 9.88. The van der Waals surface area contributed by atoms with Crippen LogP contribution in [0.3, 0.4) is 0 Å². The molecule has 1 aromatic heterocycles. The second kappa shape index (κ2) is 6.76. The summed E-state index contributed by atoms with van der Waals surface area (Å²) < 4.78 is 16.2. The summed E-state index contributed by atoms with van der Waals surface area (Å²) >= 11 is 0. The summed E-state index contributed by atoms with van der Waals surface area (Å²) in [6, 6.07) is 13.3. The number of aromatic nitrogens is 1. The van der Waals surface area contributed by atoms with Gasteiger partial charge in [0, 0.05) is 11.1 Å². The van der Waals surface area contributed by atoms with Crippen molar-refractivity contribution in [2.45, 2.75) is 13.5 Å². The molecule has 0 amide bonds. The summed E-state index contributed by atoms with van der Waals surface area (Å²) in [6.07, 6.45) is 0. The molecular weight excluding hydrogens is 306 g/mol. The van der Waals surface area contributed by atoms with Gasteiger partial charge in [-0.15, -0.1) is 0 Å². The molecule has 0 saturated carbocycles. The Balaban J connectivity index is 2.15. The minimum Gasteiger partial charge on any atom is -0.497 e. The van der Waals surface area contributed by atoms with Crippen LogP contribution in [0.25, 0.3) is 22.6 Å². The molecule has 3 rings (SSSR count). The number of ether oxygens (including phenoxy) is 2. The second-order valence-electron chi connectivity index (χ2n) is 5.43. The van der Waals surface area contributed by atoms with Crippen molar-refractivity contribution in [1.82, 2.24) is 5.16 Å². The minimum absolute atomic E-state index is 0.192. The first-order valence-corrected chi connectivity index (χ1v) is 7.56. The standard InChI is InChI=1S/C19H19NO4/c1-12-4-6-13(7-5-12)19-16(11-21)18(20-24-19)15-10-14(22-2)8-9-17(15)23-3/h4-10,21H,11H2,1-3H3. The lowest BCUT2D eigenvalue weighted by atomic mass is 10.0. The zero-order valence-corrected chi connectivity index (χ0v) is 13.9. The van der Waals surface area contributed by atoms with Crippen molar-refractivity contribution in [3.8, 4) is 34.1 Å². The monoisotopic (exact) mass is 325 g/mol. The number of hydrogen-bond acceptors (Lipinski definition) is 5. The SMILES string of the molecule is COc1ccc(OC)c(-c2noc(-c3ccc(C)cc3)c2CO)c1. The van der Waals surface area contributed by atoms with Crippen LogP contribution in [0.4, 0.5) is 0 Å². The van der Waals surface area contributed by atoms with Crippen molar-refractivity contribution in [3.63, 3.8) is 0 Å². The van der Waals surface area contributed by atoms with E-state index < -0.39 is 0 Å². The molecule has 2 aromatic carbocycles. The summed E-state index contributed by atoms with van der Waals surface area (Å²) in [5.41, 5.74) is 3.89. The first-order chi connectivity index (χ1) is 11.7. The molecule has 124 valence electrons. The van der Waals surface area contributed by atoms with Gasteiger partial charge < -0.3 is 19.1 Å². The third kappa shape index (κ3) is 2.86. The molecule has 0 atom stereocenters. The number of benzene rings is 2. The fourth-order valence-electron chi connectivity index (χ4n) is 2.60. The van der Waals surface area contributed by atoms with E-state index >= 15 is 0 Å². The fraction of sp³-hybridized carbons (Fsp3) is 0.211. The zero-order valence-electron chi connectivity index (χ0n) is 13.9. The van der Waals surface area contributed by atoms with E-state index in [9.17, 15) is 5.11 Å². The Morgan fingerprint density at radius 1 is 1.04 bits per heavy atom. The first kappa shape index (κ1) is 16.1. The van der Waals surface area contributed by atoms with E-state index in [1.165, 1.54) is 0 Å². The van der Waals surface area contributed by atoms with Crippen molar-refractivity contribution in [2.75, 3.05) is 14.2 Å². The van der Waals surface area contributed by atoms with Gasteiger partial charge in [0.15, 0.2) is 5.76 Å². The second-order valence-corrected chi connectivity index (χ2v) is 5.43. The normalized spacial score (nSPS) is 10.7. The molecule has 5 nitrogen and oxygen atoms in total. The van der Waals surface area contributed by atoms with E-state index in [2.05, 4.69) is 5.16 Å². The van der Waals surface area contributed by atoms with Gasteiger partial charge in [0.2, 0.25) is 0 Å². The molecule has 3 aromatic rings. The topological polar surface area (TPSA) is 64.7 Å². The van der Waals surface area contributed by atoms with Crippen LogP contribution in [0.5, 0.6) is 11.5 Å². The van der Waals surface area contributed by atoms with Crippen molar-refractivity contribution in [1.29, 1.82) is 0 Å². The maximum absolute atomic E-state index is 9.88. The molecule has 0 aliphatic heterocycles. The Kier molecular flexibility index (Phi) is 4.53. The average Bonchev–Trinajstić information content (AvgIpc) is 3.05. The van der Waals surface area contributed by atoms with E-state index in [0.717, 1.165) is 11.1 Å². The molecule has 1 heterocycles. The summed E-state index contributed by atoms with van der Waals surface area (Å²) in [5.74, 6) is 1.86.